The molecule has 2 nitrogen and oxygen atoms in total. The Morgan fingerprint density at radius 1 is 1.50 bits per heavy atom. The van der Waals surface area contributed by atoms with Crippen molar-refractivity contribution in [1.82, 2.24) is 0 Å². The van der Waals surface area contributed by atoms with E-state index in [9.17, 15) is 9.90 Å². The normalized spacial score (nSPS) is 26.8. The van der Waals surface area contributed by atoms with Crippen LogP contribution in [0.25, 0.3) is 0 Å². The number of Topliss-reactive ketones (excluding diaryl/α,β-unsaturated/α-hetero) is 1. The average molecular weight is 168 g/mol. The number of rotatable bonds is 0. The minimum absolute atomic E-state index is 0.123. The Labute approximate surface area is 74.0 Å². The zero-order chi connectivity index (χ0) is 9.61. The van der Waals surface area contributed by atoms with Gasteiger partial charge in [-0.25, -0.2) is 0 Å². The van der Waals surface area contributed by atoms with Crippen LogP contribution >= 0.6 is 0 Å². The molecule has 0 saturated heterocycles. The molecule has 1 atom stereocenters. The third-order valence-corrected chi connectivity index (χ3v) is 1.74. The quantitative estimate of drug-likeness (QED) is 0.557. The van der Waals surface area contributed by atoms with Crippen molar-refractivity contribution in [3.05, 3.63) is 0 Å². The fourth-order valence-electron chi connectivity index (χ4n) is 1.19. The highest BCUT2D eigenvalue weighted by molar-refractivity contribution is 5.92. The van der Waals surface area contributed by atoms with E-state index >= 15 is 0 Å². The second-order valence-electron chi connectivity index (χ2n) is 2.51. The molecule has 1 N–H and O–H groups in total. The molecule has 2 heteroatoms. The minimum Gasteiger partial charge on any atom is -0.371 e. The fraction of sp³-hybridized carbons (Fsp3) is 0.700. The molecule has 68 valence electrons. The first kappa shape index (κ1) is 11.2. The molecule has 0 aromatic rings. The first-order chi connectivity index (χ1) is 5.69. The fourth-order valence-corrected chi connectivity index (χ4v) is 1.19. The van der Waals surface area contributed by atoms with Crippen molar-refractivity contribution in [3.63, 3.8) is 0 Å². The molecule has 1 aliphatic carbocycles. The second kappa shape index (κ2) is 4.95. The van der Waals surface area contributed by atoms with Gasteiger partial charge in [-0.1, -0.05) is 19.8 Å². The second-order valence-corrected chi connectivity index (χ2v) is 2.51. The maximum absolute atomic E-state index is 10.9. The maximum Gasteiger partial charge on any atom is 0.184 e. The summed E-state index contributed by atoms with van der Waals surface area (Å²) in [5.74, 6) is 4.96. The maximum atomic E-state index is 10.9. The summed E-state index contributed by atoms with van der Waals surface area (Å²) in [6.45, 7) is 5.63. The standard InChI is InChI=1S/C8H10O2.C2H6/c1-2-5-8(10)6-3-4-7(8)9;1-2/h10H,3-4,6H2,1H3;1-2H3. The lowest BCUT2D eigenvalue weighted by Gasteiger charge is -2.10. The van der Waals surface area contributed by atoms with Crippen LogP contribution in [-0.4, -0.2) is 16.5 Å². The number of carbonyl (C=O) groups is 1. The van der Waals surface area contributed by atoms with Gasteiger partial charge in [-0.3, -0.25) is 4.79 Å². The molecule has 0 amide bonds. The van der Waals surface area contributed by atoms with E-state index in [1.165, 1.54) is 0 Å². The minimum atomic E-state index is -1.30. The van der Waals surface area contributed by atoms with Gasteiger partial charge in [-0.05, 0) is 19.8 Å². The monoisotopic (exact) mass is 168 g/mol. The summed E-state index contributed by atoms with van der Waals surface area (Å²) in [5, 5.41) is 9.44. The molecule has 12 heavy (non-hydrogen) atoms. The molecule has 0 heterocycles. The van der Waals surface area contributed by atoms with Gasteiger partial charge < -0.3 is 5.11 Å². The molecule has 1 saturated carbocycles. The first-order valence-corrected chi connectivity index (χ1v) is 4.38. The molecule has 1 fully saturated rings. The first-order valence-electron chi connectivity index (χ1n) is 4.38. The molecule has 1 aliphatic rings. The molecule has 1 unspecified atom stereocenters. The predicted octanol–water partition coefficient (Wildman–Crippen LogP) is 1.52. The van der Waals surface area contributed by atoms with E-state index < -0.39 is 5.60 Å². The van der Waals surface area contributed by atoms with Crippen LogP contribution < -0.4 is 0 Å². The summed E-state index contributed by atoms with van der Waals surface area (Å²) in [7, 11) is 0. The van der Waals surface area contributed by atoms with Crippen LogP contribution in [0.5, 0.6) is 0 Å². The third-order valence-electron chi connectivity index (χ3n) is 1.74. The number of hydrogen-bond donors (Lipinski definition) is 1. The number of ketones is 1. The van der Waals surface area contributed by atoms with Crippen LogP contribution in [0.2, 0.25) is 0 Å². The van der Waals surface area contributed by atoms with E-state index in [2.05, 4.69) is 11.8 Å². The van der Waals surface area contributed by atoms with Crippen LogP contribution in [0, 0.1) is 11.8 Å². The Bertz CT molecular complexity index is 210. The molecule has 0 aliphatic heterocycles. The van der Waals surface area contributed by atoms with E-state index in [0.717, 1.165) is 6.42 Å². The summed E-state index contributed by atoms with van der Waals surface area (Å²) in [6.07, 6.45) is 1.75. The van der Waals surface area contributed by atoms with Crippen molar-refractivity contribution in [2.24, 2.45) is 0 Å². The highest BCUT2D eigenvalue weighted by Gasteiger charge is 2.37. The van der Waals surface area contributed by atoms with Crippen LogP contribution in [0.1, 0.15) is 40.0 Å². The lowest BCUT2D eigenvalue weighted by atomic mass is 10.0. The molecule has 0 aromatic carbocycles. The van der Waals surface area contributed by atoms with Crippen molar-refractivity contribution in [2.75, 3.05) is 0 Å². The van der Waals surface area contributed by atoms with Gasteiger partial charge in [-0.15, -0.1) is 5.92 Å². The van der Waals surface area contributed by atoms with Gasteiger partial charge in [0, 0.05) is 6.42 Å². The van der Waals surface area contributed by atoms with Gasteiger partial charge in [0.05, 0.1) is 0 Å². The van der Waals surface area contributed by atoms with Gasteiger partial charge in [0.25, 0.3) is 0 Å². The van der Waals surface area contributed by atoms with Gasteiger partial charge in [-0.2, -0.15) is 0 Å². The highest BCUT2D eigenvalue weighted by atomic mass is 16.3. The van der Waals surface area contributed by atoms with Gasteiger partial charge in [0.2, 0.25) is 0 Å². The van der Waals surface area contributed by atoms with Crippen molar-refractivity contribution in [3.8, 4) is 11.8 Å². The predicted molar refractivity (Wildman–Crippen MR) is 48.6 cm³/mol. The highest BCUT2D eigenvalue weighted by Crippen LogP contribution is 2.24. The van der Waals surface area contributed by atoms with Crippen molar-refractivity contribution < 1.29 is 9.90 Å². The Morgan fingerprint density at radius 3 is 2.42 bits per heavy atom. The largest absolute Gasteiger partial charge is 0.371 e. The van der Waals surface area contributed by atoms with E-state index in [0.29, 0.717) is 12.8 Å². The van der Waals surface area contributed by atoms with Crippen molar-refractivity contribution in [2.45, 2.75) is 45.6 Å². The Morgan fingerprint density at radius 2 is 2.08 bits per heavy atom. The molecule has 0 radical (unpaired) electrons. The summed E-state index contributed by atoms with van der Waals surface area (Å²) in [6, 6.07) is 0. The summed E-state index contributed by atoms with van der Waals surface area (Å²) < 4.78 is 0. The van der Waals surface area contributed by atoms with Gasteiger partial charge >= 0.3 is 0 Å². The number of carbonyl (C=O) groups excluding carboxylic acids is 1. The average Bonchev–Trinajstić information content (AvgIpc) is 2.37. The molecular weight excluding hydrogens is 152 g/mol. The van der Waals surface area contributed by atoms with Crippen molar-refractivity contribution >= 4 is 5.78 Å². The third kappa shape index (κ3) is 2.35. The van der Waals surface area contributed by atoms with E-state index in [1.54, 1.807) is 6.92 Å². The Hall–Kier alpha value is -0.810. The van der Waals surface area contributed by atoms with E-state index in [1.807, 2.05) is 13.8 Å². The smallest absolute Gasteiger partial charge is 0.184 e. The summed E-state index contributed by atoms with van der Waals surface area (Å²) in [4.78, 5) is 10.9. The number of hydrogen-bond acceptors (Lipinski definition) is 2. The Balaban J connectivity index is 0.000000561. The van der Waals surface area contributed by atoms with Crippen LogP contribution in [0.4, 0.5) is 0 Å². The summed E-state index contributed by atoms with van der Waals surface area (Å²) >= 11 is 0. The van der Waals surface area contributed by atoms with E-state index in [4.69, 9.17) is 0 Å². The number of aliphatic hydroxyl groups is 1. The van der Waals surface area contributed by atoms with Crippen LogP contribution in [-0.2, 0) is 4.79 Å². The zero-order valence-corrected chi connectivity index (χ0v) is 7.98. The lowest BCUT2D eigenvalue weighted by Crippen LogP contribution is -2.31. The van der Waals surface area contributed by atoms with Gasteiger partial charge in [0.15, 0.2) is 11.4 Å². The molecule has 1 rings (SSSR count). The summed E-state index contributed by atoms with van der Waals surface area (Å²) in [5.41, 5.74) is -1.30. The van der Waals surface area contributed by atoms with Crippen molar-refractivity contribution in [1.29, 1.82) is 0 Å². The van der Waals surface area contributed by atoms with Gasteiger partial charge in [0.1, 0.15) is 0 Å². The Kier molecular flexibility index (Phi) is 4.61. The topological polar surface area (TPSA) is 37.3 Å². The van der Waals surface area contributed by atoms with E-state index in [-0.39, 0.29) is 5.78 Å². The molecule has 0 aromatic heterocycles. The molecule has 0 spiro atoms. The molecule has 0 bridgehead atoms. The van der Waals surface area contributed by atoms with Crippen LogP contribution in [0.3, 0.4) is 0 Å². The zero-order valence-electron chi connectivity index (χ0n) is 7.98. The SMILES string of the molecule is CC.CC#CC1(O)CCCC1=O. The lowest BCUT2D eigenvalue weighted by molar-refractivity contribution is -0.128. The molecular formula is C10H16O2. The van der Waals surface area contributed by atoms with Crippen LogP contribution in [0.15, 0.2) is 0 Å².